The highest BCUT2D eigenvalue weighted by atomic mass is 32.1. The molecule has 1 aromatic carbocycles. The molecule has 0 radical (unpaired) electrons. The topological polar surface area (TPSA) is 62.7 Å². The summed E-state index contributed by atoms with van der Waals surface area (Å²) in [5.41, 5.74) is -0.319. The van der Waals surface area contributed by atoms with Gasteiger partial charge in [-0.25, -0.2) is 8.78 Å². The number of aromatic nitrogens is 3. The van der Waals surface area contributed by atoms with Crippen LogP contribution >= 0.6 is 12.2 Å². The van der Waals surface area contributed by atoms with E-state index in [0.29, 0.717) is 17.0 Å². The Morgan fingerprint density at radius 2 is 2.25 bits per heavy atom. The fourth-order valence-electron chi connectivity index (χ4n) is 1.66. The normalized spacial score (nSPS) is 10.6. The van der Waals surface area contributed by atoms with Gasteiger partial charge in [0.15, 0.2) is 4.77 Å². The van der Waals surface area contributed by atoms with Crippen LogP contribution < -0.4 is 5.32 Å². The van der Waals surface area contributed by atoms with E-state index in [-0.39, 0.29) is 12.1 Å². The van der Waals surface area contributed by atoms with Gasteiger partial charge in [-0.15, -0.1) is 0 Å². The van der Waals surface area contributed by atoms with Crippen LogP contribution in [0, 0.1) is 16.4 Å². The van der Waals surface area contributed by atoms with E-state index in [1.807, 2.05) is 0 Å². The van der Waals surface area contributed by atoms with Crippen LogP contribution in [0.1, 0.15) is 16.2 Å². The molecule has 2 aromatic rings. The molecule has 0 aliphatic heterocycles. The van der Waals surface area contributed by atoms with Crippen LogP contribution in [0.4, 0.5) is 8.78 Å². The lowest BCUT2D eigenvalue weighted by atomic mass is 10.2. The lowest BCUT2D eigenvalue weighted by molar-refractivity contribution is 0.0949. The first-order valence-corrected chi connectivity index (χ1v) is 6.23. The van der Waals surface area contributed by atoms with Crippen molar-refractivity contribution in [2.75, 3.05) is 6.54 Å². The van der Waals surface area contributed by atoms with E-state index in [4.69, 9.17) is 12.2 Å². The van der Waals surface area contributed by atoms with Crippen LogP contribution in [0.5, 0.6) is 0 Å². The van der Waals surface area contributed by atoms with Crippen molar-refractivity contribution in [3.05, 3.63) is 46.0 Å². The monoisotopic (exact) mass is 298 g/mol. The maximum Gasteiger partial charge on any atom is 0.254 e. The van der Waals surface area contributed by atoms with E-state index in [2.05, 4.69) is 15.5 Å². The molecular formula is C12H12F2N4OS. The Labute approximate surface area is 118 Å². The summed E-state index contributed by atoms with van der Waals surface area (Å²) in [6.45, 7) is 0.238. The van der Waals surface area contributed by atoms with E-state index in [9.17, 15) is 13.6 Å². The molecule has 5 nitrogen and oxygen atoms in total. The number of amides is 1. The number of H-pyrrole nitrogens is 1. The van der Waals surface area contributed by atoms with Crippen molar-refractivity contribution < 1.29 is 13.6 Å². The van der Waals surface area contributed by atoms with Gasteiger partial charge in [-0.05, 0) is 30.4 Å². The molecule has 0 unspecified atom stereocenters. The van der Waals surface area contributed by atoms with Crippen molar-refractivity contribution in [3.8, 4) is 0 Å². The van der Waals surface area contributed by atoms with Crippen LogP contribution in [0.2, 0.25) is 0 Å². The smallest absolute Gasteiger partial charge is 0.254 e. The average Bonchev–Trinajstić information content (AvgIpc) is 2.73. The van der Waals surface area contributed by atoms with Crippen molar-refractivity contribution >= 4 is 18.1 Å². The number of hydrogen-bond acceptors (Lipinski definition) is 3. The second-order valence-electron chi connectivity index (χ2n) is 4.13. The van der Waals surface area contributed by atoms with Gasteiger partial charge in [0.05, 0.1) is 5.56 Å². The molecule has 1 aromatic heterocycles. The molecule has 0 fully saturated rings. The third-order valence-corrected chi connectivity index (χ3v) is 3.14. The Balaban J connectivity index is 1.97. The lowest BCUT2D eigenvalue weighted by Crippen LogP contribution is -2.27. The molecule has 1 heterocycles. The minimum absolute atomic E-state index is 0.238. The number of nitrogens with zero attached hydrogens (tertiary/aromatic N) is 2. The molecule has 0 aliphatic carbocycles. The fraction of sp³-hybridized carbons (Fsp3) is 0.250. The summed E-state index contributed by atoms with van der Waals surface area (Å²) in [6.07, 6.45) is 0.423. The standard InChI is InChI=1S/C12H12F2N4OS/c1-18-10(16-17-12(18)20)4-5-15-11(19)8-6-7(13)2-3-9(8)14/h2-3,6H,4-5H2,1H3,(H,15,19)(H,17,20). The van der Waals surface area contributed by atoms with Crippen molar-refractivity contribution in [2.24, 2.45) is 7.05 Å². The molecule has 0 saturated heterocycles. The largest absolute Gasteiger partial charge is 0.351 e. The Hall–Kier alpha value is -2.09. The van der Waals surface area contributed by atoms with Gasteiger partial charge in [0.25, 0.3) is 5.91 Å². The van der Waals surface area contributed by atoms with Crippen LogP contribution in [-0.2, 0) is 13.5 Å². The van der Waals surface area contributed by atoms with E-state index in [0.717, 1.165) is 18.2 Å². The van der Waals surface area contributed by atoms with Crippen molar-refractivity contribution in [3.63, 3.8) is 0 Å². The SMILES string of the molecule is Cn1c(CCNC(=O)c2cc(F)ccc2F)n[nH]c1=S. The lowest BCUT2D eigenvalue weighted by Gasteiger charge is -2.06. The molecule has 1 amide bonds. The van der Waals surface area contributed by atoms with Crippen LogP contribution in [-0.4, -0.2) is 27.2 Å². The average molecular weight is 298 g/mol. The zero-order chi connectivity index (χ0) is 14.7. The highest BCUT2D eigenvalue weighted by Gasteiger charge is 2.12. The van der Waals surface area contributed by atoms with E-state index < -0.39 is 17.5 Å². The first kappa shape index (κ1) is 14.3. The Morgan fingerprint density at radius 1 is 1.50 bits per heavy atom. The Kier molecular flexibility index (Phi) is 4.23. The number of halogens is 2. The third kappa shape index (κ3) is 3.08. The summed E-state index contributed by atoms with van der Waals surface area (Å²) >= 11 is 4.95. The number of aromatic amines is 1. The zero-order valence-corrected chi connectivity index (χ0v) is 11.4. The highest BCUT2D eigenvalue weighted by Crippen LogP contribution is 2.09. The molecule has 20 heavy (non-hydrogen) atoms. The van der Waals surface area contributed by atoms with Crippen molar-refractivity contribution in [2.45, 2.75) is 6.42 Å². The number of benzene rings is 1. The molecule has 2 rings (SSSR count). The number of carbonyl (C=O) groups is 1. The molecule has 0 spiro atoms. The number of rotatable bonds is 4. The van der Waals surface area contributed by atoms with E-state index in [1.54, 1.807) is 11.6 Å². The molecule has 8 heteroatoms. The molecule has 0 aliphatic rings. The van der Waals surface area contributed by atoms with Gasteiger partial charge < -0.3 is 9.88 Å². The van der Waals surface area contributed by atoms with Gasteiger partial charge in [0.1, 0.15) is 17.5 Å². The van der Waals surface area contributed by atoms with Crippen molar-refractivity contribution in [1.82, 2.24) is 20.1 Å². The quantitative estimate of drug-likeness (QED) is 0.845. The van der Waals surface area contributed by atoms with Crippen LogP contribution in [0.25, 0.3) is 0 Å². The Morgan fingerprint density at radius 3 is 2.90 bits per heavy atom. The minimum atomic E-state index is -0.762. The summed E-state index contributed by atoms with van der Waals surface area (Å²) in [6, 6.07) is 2.74. The molecule has 0 bridgehead atoms. The minimum Gasteiger partial charge on any atom is -0.351 e. The second kappa shape index (κ2) is 5.91. The molecule has 106 valence electrons. The van der Waals surface area contributed by atoms with Crippen LogP contribution in [0.3, 0.4) is 0 Å². The second-order valence-corrected chi connectivity index (χ2v) is 4.52. The first-order chi connectivity index (χ1) is 9.49. The van der Waals surface area contributed by atoms with Gasteiger partial charge >= 0.3 is 0 Å². The molecule has 0 atom stereocenters. The van der Waals surface area contributed by atoms with E-state index >= 15 is 0 Å². The number of nitrogens with one attached hydrogen (secondary N) is 2. The van der Waals surface area contributed by atoms with Gasteiger partial charge in [-0.1, -0.05) is 0 Å². The van der Waals surface area contributed by atoms with Gasteiger partial charge in [0, 0.05) is 20.0 Å². The maximum atomic E-state index is 13.4. The molecular weight excluding hydrogens is 286 g/mol. The number of carbonyl (C=O) groups excluding carboxylic acids is 1. The fourth-order valence-corrected chi connectivity index (χ4v) is 1.81. The summed E-state index contributed by atoms with van der Waals surface area (Å²) < 4.78 is 28.5. The van der Waals surface area contributed by atoms with Crippen LogP contribution in [0.15, 0.2) is 18.2 Å². The zero-order valence-electron chi connectivity index (χ0n) is 10.6. The molecule has 2 N–H and O–H groups in total. The van der Waals surface area contributed by atoms with Gasteiger partial charge in [-0.2, -0.15) is 5.10 Å². The summed E-state index contributed by atoms with van der Waals surface area (Å²) in [4.78, 5) is 11.7. The third-order valence-electron chi connectivity index (χ3n) is 2.78. The summed E-state index contributed by atoms with van der Waals surface area (Å²) in [7, 11) is 1.75. The number of hydrogen-bond donors (Lipinski definition) is 2. The first-order valence-electron chi connectivity index (χ1n) is 5.82. The predicted octanol–water partition coefficient (Wildman–Crippen LogP) is 1.73. The van der Waals surface area contributed by atoms with Gasteiger partial charge in [0.2, 0.25) is 0 Å². The molecule has 0 saturated carbocycles. The highest BCUT2D eigenvalue weighted by molar-refractivity contribution is 7.71. The summed E-state index contributed by atoms with van der Waals surface area (Å²) in [5, 5.41) is 9.10. The predicted molar refractivity (Wildman–Crippen MR) is 70.8 cm³/mol. The Bertz CT molecular complexity index is 695. The van der Waals surface area contributed by atoms with Crippen molar-refractivity contribution in [1.29, 1.82) is 0 Å². The summed E-state index contributed by atoms with van der Waals surface area (Å²) in [5.74, 6) is -1.43. The van der Waals surface area contributed by atoms with Gasteiger partial charge in [-0.3, -0.25) is 9.89 Å². The maximum absolute atomic E-state index is 13.4. The van der Waals surface area contributed by atoms with E-state index in [1.165, 1.54) is 0 Å².